The first kappa shape index (κ1) is 16.2. The molecule has 0 saturated carbocycles. The van der Waals surface area contributed by atoms with Crippen molar-refractivity contribution in [3.05, 3.63) is 89.6 Å². The first-order valence-electron chi connectivity index (χ1n) is 8.06. The number of amides is 1. The number of ether oxygens (including phenoxy) is 1. The Balaban J connectivity index is 1.73. The zero-order chi connectivity index (χ0) is 18.1. The second kappa shape index (κ2) is 6.55. The second-order valence-corrected chi connectivity index (χ2v) is 5.93. The maximum Gasteiger partial charge on any atom is 0.408 e. The molecule has 4 nitrogen and oxygen atoms in total. The Labute approximate surface area is 148 Å². The minimum Gasteiger partial charge on any atom is -0.439 e. The van der Waals surface area contributed by atoms with Crippen LogP contribution in [0.5, 0.6) is 0 Å². The van der Waals surface area contributed by atoms with Gasteiger partial charge in [0, 0.05) is 17.2 Å². The maximum absolute atomic E-state index is 14.2. The number of cyclic esters (lactones) is 1. The van der Waals surface area contributed by atoms with Crippen molar-refractivity contribution >= 4 is 6.09 Å². The van der Waals surface area contributed by atoms with Crippen molar-refractivity contribution in [3.63, 3.8) is 0 Å². The molecule has 2 atom stereocenters. The molecule has 130 valence electrons. The van der Waals surface area contributed by atoms with Gasteiger partial charge in [0.2, 0.25) is 0 Å². The molecule has 26 heavy (non-hydrogen) atoms. The summed E-state index contributed by atoms with van der Waals surface area (Å²) in [5.74, 6) is -1.46. The molecule has 0 bridgehead atoms. The Kier molecular flexibility index (Phi) is 4.08. The van der Waals surface area contributed by atoms with Crippen LogP contribution in [0.1, 0.15) is 23.4 Å². The first-order valence-corrected chi connectivity index (χ1v) is 8.06. The molecule has 1 aliphatic rings. The van der Waals surface area contributed by atoms with Gasteiger partial charge in [-0.25, -0.2) is 13.6 Å². The molecule has 1 amide bonds. The summed E-state index contributed by atoms with van der Waals surface area (Å²) in [5, 5.41) is 2.66. The van der Waals surface area contributed by atoms with Gasteiger partial charge in [0.25, 0.3) is 0 Å². The molecule has 0 aliphatic carbocycles. The third kappa shape index (κ3) is 3.01. The van der Waals surface area contributed by atoms with Gasteiger partial charge in [-0.3, -0.25) is 4.98 Å². The molecule has 2 aromatic carbocycles. The smallest absolute Gasteiger partial charge is 0.408 e. The van der Waals surface area contributed by atoms with E-state index in [0.717, 1.165) is 23.4 Å². The van der Waals surface area contributed by atoms with Gasteiger partial charge in [-0.2, -0.15) is 0 Å². The van der Waals surface area contributed by atoms with Gasteiger partial charge in [-0.1, -0.05) is 36.4 Å². The van der Waals surface area contributed by atoms with Crippen molar-refractivity contribution in [2.24, 2.45) is 0 Å². The summed E-state index contributed by atoms with van der Waals surface area (Å²) in [6, 6.07) is 17.5. The number of hydrogen-bond acceptors (Lipinski definition) is 3. The third-order valence-corrected chi connectivity index (χ3v) is 4.24. The number of benzene rings is 2. The van der Waals surface area contributed by atoms with Crippen molar-refractivity contribution in [2.45, 2.75) is 12.1 Å². The number of halogens is 2. The van der Waals surface area contributed by atoms with Crippen LogP contribution in [0.25, 0.3) is 11.3 Å². The number of nitrogens with one attached hydrogen (secondary N) is 1. The molecule has 6 heteroatoms. The number of hydrogen-bond donors (Lipinski definition) is 1. The van der Waals surface area contributed by atoms with E-state index >= 15 is 0 Å². The first-order chi connectivity index (χ1) is 12.6. The maximum atomic E-state index is 14.2. The van der Waals surface area contributed by atoms with Gasteiger partial charge in [-0.05, 0) is 24.3 Å². The lowest BCUT2D eigenvalue weighted by molar-refractivity contribution is 0.129. The predicted octanol–water partition coefficient (Wildman–Crippen LogP) is 4.55. The summed E-state index contributed by atoms with van der Waals surface area (Å²) in [7, 11) is 0. The Morgan fingerprint density at radius 3 is 2.54 bits per heavy atom. The largest absolute Gasteiger partial charge is 0.439 e. The highest BCUT2D eigenvalue weighted by molar-refractivity contribution is 5.71. The van der Waals surface area contributed by atoms with E-state index in [-0.39, 0.29) is 5.56 Å². The van der Waals surface area contributed by atoms with Gasteiger partial charge >= 0.3 is 6.09 Å². The summed E-state index contributed by atoms with van der Waals surface area (Å²) in [6.07, 6.45) is -1.60. The number of pyridine rings is 1. The highest BCUT2D eigenvalue weighted by Gasteiger charge is 2.39. The van der Waals surface area contributed by atoms with Crippen molar-refractivity contribution in [1.82, 2.24) is 10.3 Å². The van der Waals surface area contributed by atoms with Gasteiger partial charge in [0.15, 0.2) is 6.10 Å². The zero-order valence-corrected chi connectivity index (χ0v) is 13.5. The number of rotatable bonds is 3. The van der Waals surface area contributed by atoms with Crippen LogP contribution in [0.2, 0.25) is 0 Å². The van der Waals surface area contributed by atoms with Crippen LogP contribution in [0.4, 0.5) is 13.6 Å². The Morgan fingerprint density at radius 1 is 0.962 bits per heavy atom. The van der Waals surface area contributed by atoms with Crippen LogP contribution < -0.4 is 5.32 Å². The minimum absolute atomic E-state index is 0.0988. The van der Waals surface area contributed by atoms with Gasteiger partial charge < -0.3 is 10.1 Å². The number of carbonyl (C=O) groups is 1. The van der Waals surface area contributed by atoms with Crippen LogP contribution in [-0.2, 0) is 4.74 Å². The molecule has 3 aromatic rings. The summed E-state index contributed by atoms with van der Waals surface area (Å²) in [5.41, 5.74) is 2.28. The lowest BCUT2D eigenvalue weighted by atomic mass is 9.99. The minimum atomic E-state index is -0.929. The number of alkyl carbamates (subject to hydrolysis) is 1. The number of aromatic nitrogens is 1. The molecule has 1 aliphatic heterocycles. The van der Waals surface area contributed by atoms with E-state index in [1.165, 1.54) is 6.07 Å². The molecule has 4 rings (SSSR count). The fourth-order valence-corrected chi connectivity index (χ4v) is 3.02. The van der Waals surface area contributed by atoms with Gasteiger partial charge in [-0.15, -0.1) is 0 Å². The third-order valence-electron chi connectivity index (χ3n) is 4.24. The predicted molar refractivity (Wildman–Crippen MR) is 91.1 cm³/mol. The van der Waals surface area contributed by atoms with Crippen LogP contribution >= 0.6 is 0 Å². The fourth-order valence-electron chi connectivity index (χ4n) is 3.02. The quantitative estimate of drug-likeness (QED) is 0.752. The molecule has 1 saturated heterocycles. The Bertz CT molecular complexity index is 963. The Morgan fingerprint density at radius 2 is 1.77 bits per heavy atom. The highest BCUT2D eigenvalue weighted by Crippen LogP contribution is 2.37. The zero-order valence-electron chi connectivity index (χ0n) is 13.5. The highest BCUT2D eigenvalue weighted by atomic mass is 19.1. The topological polar surface area (TPSA) is 51.2 Å². The van der Waals surface area contributed by atoms with E-state index in [4.69, 9.17) is 4.74 Å². The molecular formula is C20H14F2N2O2. The van der Waals surface area contributed by atoms with Crippen molar-refractivity contribution in [2.75, 3.05) is 0 Å². The number of nitrogens with zero attached hydrogens (tertiary/aromatic N) is 1. The van der Waals surface area contributed by atoms with E-state index in [1.807, 2.05) is 42.5 Å². The average molecular weight is 352 g/mol. The van der Waals surface area contributed by atoms with Gasteiger partial charge in [0.1, 0.15) is 17.7 Å². The monoisotopic (exact) mass is 352 g/mol. The van der Waals surface area contributed by atoms with E-state index in [0.29, 0.717) is 5.69 Å². The standard InChI is InChI=1S/C20H14F2N2O2/c21-13-9-10-14(15(22)11-13)19-18(24-20(25)26-19)17-8-4-7-16(23-17)12-5-2-1-3-6-12/h1-11,18-19H,(H,24,25)/t18-,19-/m0/s1. The molecule has 2 heterocycles. The molecule has 1 fully saturated rings. The van der Waals surface area contributed by atoms with Crippen LogP contribution in [-0.4, -0.2) is 11.1 Å². The van der Waals surface area contributed by atoms with E-state index < -0.39 is 29.9 Å². The molecule has 1 aromatic heterocycles. The molecule has 1 N–H and O–H groups in total. The van der Waals surface area contributed by atoms with Crippen molar-refractivity contribution in [3.8, 4) is 11.3 Å². The summed E-state index contributed by atoms with van der Waals surface area (Å²) in [4.78, 5) is 16.4. The van der Waals surface area contributed by atoms with Gasteiger partial charge in [0.05, 0.1) is 11.4 Å². The van der Waals surface area contributed by atoms with E-state index in [2.05, 4.69) is 10.3 Å². The lowest BCUT2D eigenvalue weighted by Gasteiger charge is -2.18. The molecule has 0 spiro atoms. The molecule has 0 unspecified atom stereocenters. The summed E-state index contributed by atoms with van der Waals surface area (Å²) in [6.45, 7) is 0. The average Bonchev–Trinajstić information content (AvgIpc) is 3.04. The summed E-state index contributed by atoms with van der Waals surface area (Å²) >= 11 is 0. The van der Waals surface area contributed by atoms with Crippen LogP contribution in [0, 0.1) is 11.6 Å². The number of carbonyl (C=O) groups excluding carboxylic acids is 1. The molecule has 0 radical (unpaired) electrons. The van der Waals surface area contributed by atoms with Crippen LogP contribution in [0.15, 0.2) is 66.7 Å². The Hall–Kier alpha value is -3.28. The SMILES string of the molecule is O=C1N[C@@H](c2cccc(-c3ccccc3)n2)[C@H](c2ccc(F)cc2F)O1. The normalized spacial score (nSPS) is 19.1. The van der Waals surface area contributed by atoms with Crippen LogP contribution in [0.3, 0.4) is 0 Å². The lowest BCUT2D eigenvalue weighted by Crippen LogP contribution is -2.21. The second-order valence-electron chi connectivity index (χ2n) is 5.93. The van der Waals surface area contributed by atoms with Crippen molar-refractivity contribution in [1.29, 1.82) is 0 Å². The molecular weight excluding hydrogens is 338 g/mol. The van der Waals surface area contributed by atoms with Crippen molar-refractivity contribution < 1.29 is 18.3 Å². The summed E-state index contributed by atoms with van der Waals surface area (Å²) < 4.78 is 32.6. The van der Waals surface area contributed by atoms with E-state index in [9.17, 15) is 13.6 Å². The van der Waals surface area contributed by atoms with E-state index in [1.54, 1.807) is 6.07 Å². The fraction of sp³-hybridized carbons (Fsp3) is 0.100.